The lowest BCUT2D eigenvalue weighted by atomic mass is 9.84. The zero-order valence-electron chi connectivity index (χ0n) is 16.8. The van der Waals surface area contributed by atoms with Crippen LogP contribution in [0.2, 0.25) is 0 Å². The summed E-state index contributed by atoms with van der Waals surface area (Å²) in [4.78, 5) is 36.1. The van der Waals surface area contributed by atoms with Gasteiger partial charge in [-0.1, -0.05) is 19.9 Å². The van der Waals surface area contributed by atoms with Gasteiger partial charge in [-0.15, -0.1) is 6.58 Å². The van der Waals surface area contributed by atoms with E-state index >= 15 is 0 Å². The van der Waals surface area contributed by atoms with Crippen molar-refractivity contribution in [3.8, 4) is 0 Å². The first kappa shape index (κ1) is 21.3. The number of amides is 2. The molecule has 0 aliphatic rings. The lowest BCUT2D eigenvalue weighted by Gasteiger charge is -2.43. The Labute approximate surface area is 166 Å². The molecule has 2 aromatic heterocycles. The second-order valence-corrected chi connectivity index (χ2v) is 7.15. The van der Waals surface area contributed by atoms with Crippen LogP contribution >= 0.6 is 0 Å². The van der Waals surface area contributed by atoms with E-state index in [4.69, 9.17) is 0 Å². The van der Waals surface area contributed by atoms with E-state index in [1.54, 1.807) is 48.0 Å². The molecule has 150 valence electrons. The van der Waals surface area contributed by atoms with Crippen molar-refractivity contribution < 1.29 is 9.59 Å². The number of imidazole rings is 1. The third-order valence-electron chi connectivity index (χ3n) is 5.08. The number of nitrogens with one attached hydrogen (secondary N) is 1. The van der Waals surface area contributed by atoms with Crippen molar-refractivity contribution in [2.45, 2.75) is 39.3 Å². The van der Waals surface area contributed by atoms with Crippen LogP contribution < -0.4 is 5.32 Å². The summed E-state index contributed by atoms with van der Waals surface area (Å²) in [6.45, 7) is 10.9. The van der Waals surface area contributed by atoms with E-state index in [9.17, 15) is 9.59 Å². The van der Waals surface area contributed by atoms with E-state index in [0.29, 0.717) is 31.6 Å². The van der Waals surface area contributed by atoms with Gasteiger partial charge < -0.3 is 14.8 Å². The fourth-order valence-electron chi connectivity index (χ4n) is 3.07. The number of rotatable bonds is 10. The largest absolute Gasteiger partial charge is 0.351 e. The van der Waals surface area contributed by atoms with Gasteiger partial charge in [-0.05, 0) is 31.4 Å². The van der Waals surface area contributed by atoms with Crippen molar-refractivity contribution in [2.24, 2.45) is 5.92 Å². The molecule has 0 spiro atoms. The van der Waals surface area contributed by atoms with Crippen molar-refractivity contribution >= 4 is 11.8 Å². The number of aromatic nitrogens is 3. The molecular formula is C21H29N5O2. The quantitative estimate of drug-likeness (QED) is 0.640. The molecule has 0 saturated carbocycles. The van der Waals surface area contributed by atoms with Gasteiger partial charge in [0.1, 0.15) is 5.54 Å². The maximum Gasteiger partial charge on any atom is 0.254 e. The van der Waals surface area contributed by atoms with Crippen LogP contribution in [0.4, 0.5) is 0 Å². The maximum absolute atomic E-state index is 13.3. The van der Waals surface area contributed by atoms with Crippen molar-refractivity contribution in [1.29, 1.82) is 0 Å². The zero-order valence-corrected chi connectivity index (χ0v) is 16.8. The second kappa shape index (κ2) is 9.82. The predicted octanol–water partition coefficient (Wildman–Crippen LogP) is 2.53. The van der Waals surface area contributed by atoms with Gasteiger partial charge in [-0.3, -0.25) is 14.6 Å². The smallest absolute Gasteiger partial charge is 0.254 e. The number of hydrogen-bond donors (Lipinski definition) is 1. The molecular weight excluding hydrogens is 354 g/mol. The van der Waals surface area contributed by atoms with E-state index in [1.807, 2.05) is 31.5 Å². The first-order chi connectivity index (χ1) is 13.4. The Morgan fingerprint density at radius 2 is 2.00 bits per heavy atom. The minimum absolute atomic E-state index is 0.0867. The maximum atomic E-state index is 13.3. The normalized spacial score (nSPS) is 13.0. The van der Waals surface area contributed by atoms with Crippen LogP contribution in [0.5, 0.6) is 0 Å². The van der Waals surface area contributed by atoms with Crippen LogP contribution in [0.1, 0.15) is 37.6 Å². The SMILES string of the molecule is C=CCNC(=O)C(C)(C(C)C)N(CCCn1ccnc1)C(=O)c1ccncc1. The summed E-state index contributed by atoms with van der Waals surface area (Å²) in [6.07, 6.45) is 10.8. The summed E-state index contributed by atoms with van der Waals surface area (Å²) in [5, 5.41) is 2.87. The lowest BCUT2D eigenvalue weighted by Crippen LogP contribution is -2.62. The van der Waals surface area contributed by atoms with Gasteiger partial charge in [-0.2, -0.15) is 0 Å². The Morgan fingerprint density at radius 3 is 2.57 bits per heavy atom. The number of carbonyl (C=O) groups is 2. The van der Waals surface area contributed by atoms with Gasteiger partial charge in [0.2, 0.25) is 5.91 Å². The van der Waals surface area contributed by atoms with Crippen molar-refractivity contribution in [2.75, 3.05) is 13.1 Å². The molecule has 0 aromatic carbocycles. The standard InChI is InChI=1S/C21H29N5O2/c1-5-9-24-20(28)21(4,17(2)3)26(14-6-13-25-15-12-23-16-25)19(27)18-7-10-22-11-8-18/h5,7-8,10-12,15-17H,1,6,9,13-14H2,2-4H3,(H,24,28). The summed E-state index contributed by atoms with van der Waals surface area (Å²) < 4.78 is 1.96. The van der Waals surface area contributed by atoms with Crippen LogP contribution in [0.3, 0.4) is 0 Å². The molecule has 2 amide bonds. The third-order valence-corrected chi connectivity index (χ3v) is 5.08. The highest BCUT2D eigenvalue weighted by molar-refractivity contribution is 5.99. The van der Waals surface area contributed by atoms with Crippen molar-refractivity contribution in [3.05, 3.63) is 61.5 Å². The molecule has 28 heavy (non-hydrogen) atoms. The Morgan fingerprint density at radius 1 is 1.29 bits per heavy atom. The highest BCUT2D eigenvalue weighted by Crippen LogP contribution is 2.27. The van der Waals surface area contributed by atoms with E-state index in [1.165, 1.54) is 0 Å². The Kier molecular flexibility index (Phi) is 7.49. The molecule has 2 heterocycles. The summed E-state index contributed by atoms with van der Waals surface area (Å²) in [5.41, 5.74) is -0.487. The molecule has 0 radical (unpaired) electrons. The number of nitrogens with zero attached hydrogens (tertiary/aromatic N) is 4. The first-order valence-electron chi connectivity index (χ1n) is 9.48. The zero-order chi connectivity index (χ0) is 20.6. The van der Waals surface area contributed by atoms with Crippen LogP contribution in [-0.2, 0) is 11.3 Å². The molecule has 0 aliphatic heterocycles. The summed E-state index contributed by atoms with van der Waals surface area (Å²) in [6, 6.07) is 3.35. The topological polar surface area (TPSA) is 80.1 Å². The minimum Gasteiger partial charge on any atom is -0.351 e. The Bertz CT molecular complexity index is 773. The van der Waals surface area contributed by atoms with Crippen LogP contribution in [0.15, 0.2) is 55.9 Å². The summed E-state index contributed by atoms with van der Waals surface area (Å²) >= 11 is 0. The van der Waals surface area contributed by atoms with E-state index in [-0.39, 0.29) is 17.7 Å². The van der Waals surface area contributed by atoms with Crippen LogP contribution in [-0.4, -0.2) is 49.9 Å². The number of pyridine rings is 1. The van der Waals surface area contributed by atoms with Crippen LogP contribution in [0.25, 0.3) is 0 Å². The Balaban J connectivity index is 2.31. The molecule has 0 bridgehead atoms. The average molecular weight is 383 g/mol. The predicted molar refractivity (Wildman–Crippen MR) is 109 cm³/mol. The lowest BCUT2D eigenvalue weighted by molar-refractivity contribution is -0.133. The number of aryl methyl sites for hydroxylation is 1. The summed E-state index contributed by atoms with van der Waals surface area (Å²) in [7, 11) is 0. The highest BCUT2D eigenvalue weighted by atomic mass is 16.2. The molecule has 7 heteroatoms. The van der Waals surface area contributed by atoms with Gasteiger partial charge in [0.05, 0.1) is 6.33 Å². The molecule has 1 N–H and O–H groups in total. The van der Waals surface area contributed by atoms with E-state index < -0.39 is 5.54 Å². The van der Waals surface area contributed by atoms with Gasteiger partial charge in [0.25, 0.3) is 5.91 Å². The van der Waals surface area contributed by atoms with Gasteiger partial charge in [0.15, 0.2) is 0 Å². The van der Waals surface area contributed by atoms with E-state index in [0.717, 1.165) is 0 Å². The number of hydrogen-bond acceptors (Lipinski definition) is 4. The average Bonchev–Trinajstić information content (AvgIpc) is 3.22. The molecule has 7 nitrogen and oxygen atoms in total. The summed E-state index contributed by atoms with van der Waals surface area (Å²) in [5.74, 6) is -0.457. The second-order valence-electron chi connectivity index (χ2n) is 7.15. The van der Waals surface area contributed by atoms with Gasteiger partial charge in [-0.25, -0.2) is 4.98 Å². The highest BCUT2D eigenvalue weighted by Gasteiger charge is 2.44. The molecule has 0 fully saturated rings. The van der Waals surface area contributed by atoms with Crippen LogP contribution in [0, 0.1) is 5.92 Å². The van der Waals surface area contributed by atoms with Crippen molar-refractivity contribution in [1.82, 2.24) is 24.8 Å². The molecule has 2 rings (SSSR count). The molecule has 2 aromatic rings. The molecule has 0 aliphatic carbocycles. The van der Waals surface area contributed by atoms with Gasteiger partial charge >= 0.3 is 0 Å². The minimum atomic E-state index is -1.00. The van der Waals surface area contributed by atoms with Crippen molar-refractivity contribution in [3.63, 3.8) is 0 Å². The number of carbonyl (C=O) groups excluding carboxylic acids is 2. The third kappa shape index (κ3) is 4.85. The first-order valence-corrected chi connectivity index (χ1v) is 9.48. The monoisotopic (exact) mass is 383 g/mol. The molecule has 1 unspecified atom stereocenters. The van der Waals surface area contributed by atoms with E-state index in [2.05, 4.69) is 21.9 Å². The fraction of sp³-hybridized carbons (Fsp3) is 0.429. The molecule has 0 saturated heterocycles. The Hall–Kier alpha value is -2.96. The fourth-order valence-corrected chi connectivity index (χ4v) is 3.07. The van der Waals surface area contributed by atoms with Gasteiger partial charge in [0, 0.05) is 50.0 Å². The molecule has 1 atom stereocenters.